The number of rotatable bonds is 4. The van der Waals surface area contributed by atoms with Crippen LogP contribution in [0.5, 0.6) is 0 Å². The normalized spacial score (nSPS) is 12.9. The van der Waals surface area contributed by atoms with Crippen molar-refractivity contribution in [3.05, 3.63) is 102 Å². The molecule has 1 aliphatic carbocycles. The Bertz CT molecular complexity index is 1420. The van der Waals surface area contributed by atoms with E-state index in [1.54, 1.807) is 41.0 Å². The van der Waals surface area contributed by atoms with Crippen molar-refractivity contribution < 1.29 is 4.92 Å². The predicted molar refractivity (Wildman–Crippen MR) is 116 cm³/mol. The number of thiophene rings is 1. The summed E-state index contributed by atoms with van der Waals surface area (Å²) in [6.07, 6.45) is 2.74. The predicted octanol–water partition coefficient (Wildman–Crippen LogP) is 3.66. The van der Waals surface area contributed by atoms with E-state index in [1.165, 1.54) is 28.0 Å². The summed E-state index contributed by atoms with van der Waals surface area (Å²) in [5, 5.41) is 11.8. The maximum atomic E-state index is 13.5. The number of fused-ring (bicyclic) bond motifs is 3. The molecular formula is C22H17N3O4S. The molecule has 0 fully saturated rings. The SMILES string of the molecule is O=c1c2c3c(sc2n(Cc2cccc([N+](=O)[O-])c2)c(=O)n1-c1ccccc1)CCC3. The number of para-hydroxylation sites is 1. The molecule has 0 unspecified atom stereocenters. The Labute approximate surface area is 174 Å². The summed E-state index contributed by atoms with van der Waals surface area (Å²) in [5.74, 6) is 0. The molecule has 4 aromatic rings. The van der Waals surface area contributed by atoms with Gasteiger partial charge in [-0.2, -0.15) is 0 Å². The fraction of sp³-hybridized carbons (Fsp3) is 0.182. The van der Waals surface area contributed by atoms with Crippen LogP contribution in [0.1, 0.15) is 22.4 Å². The Hall–Kier alpha value is -3.52. The van der Waals surface area contributed by atoms with Gasteiger partial charge < -0.3 is 0 Å². The van der Waals surface area contributed by atoms with Crippen LogP contribution in [0.4, 0.5) is 5.69 Å². The summed E-state index contributed by atoms with van der Waals surface area (Å²) in [5.41, 5.74) is 1.43. The number of nitro benzene ring substituents is 1. The quantitative estimate of drug-likeness (QED) is 0.373. The van der Waals surface area contributed by atoms with Crippen molar-refractivity contribution in [2.24, 2.45) is 0 Å². The van der Waals surface area contributed by atoms with Gasteiger partial charge in [-0.1, -0.05) is 30.3 Å². The first-order valence-electron chi connectivity index (χ1n) is 9.63. The molecule has 0 bridgehead atoms. The van der Waals surface area contributed by atoms with Gasteiger partial charge in [-0.3, -0.25) is 19.5 Å². The molecule has 0 N–H and O–H groups in total. The van der Waals surface area contributed by atoms with Gasteiger partial charge in [-0.25, -0.2) is 9.36 Å². The molecule has 2 aromatic carbocycles. The van der Waals surface area contributed by atoms with Crippen LogP contribution in [-0.2, 0) is 19.4 Å². The van der Waals surface area contributed by atoms with Crippen molar-refractivity contribution in [3.63, 3.8) is 0 Å². The van der Waals surface area contributed by atoms with Crippen LogP contribution in [-0.4, -0.2) is 14.1 Å². The molecular weight excluding hydrogens is 402 g/mol. The van der Waals surface area contributed by atoms with Crippen LogP contribution in [0, 0.1) is 10.1 Å². The molecule has 0 saturated heterocycles. The molecule has 2 aromatic heterocycles. The van der Waals surface area contributed by atoms with Crippen molar-refractivity contribution >= 4 is 27.2 Å². The van der Waals surface area contributed by atoms with Crippen molar-refractivity contribution in [2.45, 2.75) is 25.8 Å². The number of aryl methyl sites for hydroxylation is 2. The van der Waals surface area contributed by atoms with Gasteiger partial charge in [0.1, 0.15) is 4.83 Å². The number of hydrogen-bond donors (Lipinski definition) is 0. The molecule has 7 nitrogen and oxygen atoms in total. The second-order valence-electron chi connectivity index (χ2n) is 7.31. The third kappa shape index (κ3) is 2.88. The highest BCUT2D eigenvalue weighted by molar-refractivity contribution is 7.18. The lowest BCUT2D eigenvalue weighted by molar-refractivity contribution is -0.384. The summed E-state index contributed by atoms with van der Waals surface area (Å²) in [6, 6.07) is 15.1. The maximum Gasteiger partial charge on any atom is 0.337 e. The second-order valence-corrected chi connectivity index (χ2v) is 8.39. The Morgan fingerprint density at radius 1 is 1.03 bits per heavy atom. The third-order valence-corrected chi connectivity index (χ3v) is 6.78. The summed E-state index contributed by atoms with van der Waals surface area (Å²) in [7, 11) is 0. The van der Waals surface area contributed by atoms with Crippen molar-refractivity contribution in [1.82, 2.24) is 9.13 Å². The van der Waals surface area contributed by atoms with Gasteiger partial charge in [0.05, 0.1) is 22.5 Å². The van der Waals surface area contributed by atoms with Crippen LogP contribution in [0.15, 0.2) is 64.2 Å². The zero-order chi connectivity index (χ0) is 20.8. The van der Waals surface area contributed by atoms with Gasteiger partial charge in [-0.05, 0) is 42.5 Å². The number of non-ortho nitro benzene ring substituents is 1. The second kappa shape index (κ2) is 7.07. The Morgan fingerprint density at radius 3 is 2.60 bits per heavy atom. The largest absolute Gasteiger partial charge is 0.337 e. The van der Waals surface area contributed by atoms with Gasteiger partial charge in [0.25, 0.3) is 11.2 Å². The Morgan fingerprint density at radius 2 is 1.83 bits per heavy atom. The minimum Gasteiger partial charge on any atom is -0.279 e. The van der Waals surface area contributed by atoms with E-state index in [1.807, 2.05) is 6.07 Å². The van der Waals surface area contributed by atoms with Crippen LogP contribution in [0.25, 0.3) is 15.9 Å². The number of benzene rings is 2. The molecule has 0 atom stereocenters. The van der Waals surface area contributed by atoms with Crippen LogP contribution >= 0.6 is 11.3 Å². The zero-order valence-electron chi connectivity index (χ0n) is 15.9. The van der Waals surface area contributed by atoms with E-state index >= 15 is 0 Å². The monoisotopic (exact) mass is 419 g/mol. The molecule has 1 aliphatic rings. The maximum absolute atomic E-state index is 13.5. The van der Waals surface area contributed by atoms with E-state index in [0.717, 1.165) is 29.7 Å². The molecule has 0 radical (unpaired) electrons. The number of nitro groups is 1. The minimum atomic E-state index is -0.452. The molecule has 0 amide bonds. The van der Waals surface area contributed by atoms with E-state index in [4.69, 9.17) is 0 Å². The summed E-state index contributed by atoms with van der Waals surface area (Å²) in [6.45, 7) is 0.156. The fourth-order valence-electron chi connectivity index (χ4n) is 4.10. The van der Waals surface area contributed by atoms with Gasteiger partial charge >= 0.3 is 5.69 Å². The van der Waals surface area contributed by atoms with E-state index in [0.29, 0.717) is 21.5 Å². The molecule has 8 heteroatoms. The number of aromatic nitrogens is 2. The molecule has 30 heavy (non-hydrogen) atoms. The first-order valence-corrected chi connectivity index (χ1v) is 10.4. The van der Waals surface area contributed by atoms with Crippen molar-refractivity contribution in [3.8, 4) is 5.69 Å². The van der Waals surface area contributed by atoms with Crippen LogP contribution in [0.2, 0.25) is 0 Å². The number of hydrogen-bond acceptors (Lipinski definition) is 5. The lowest BCUT2D eigenvalue weighted by atomic mass is 10.1. The van der Waals surface area contributed by atoms with Crippen LogP contribution < -0.4 is 11.2 Å². The fourth-order valence-corrected chi connectivity index (χ4v) is 5.47. The topological polar surface area (TPSA) is 87.1 Å². The third-order valence-electron chi connectivity index (χ3n) is 5.46. The molecule has 2 heterocycles. The average Bonchev–Trinajstić information content (AvgIpc) is 3.33. The van der Waals surface area contributed by atoms with Crippen molar-refractivity contribution in [2.75, 3.05) is 0 Å². The van der Waals surface area contributed by atoms with E-state index in [9.17, 15) is 19.7 Å². The minimum absolute atomic E-state index is 0.0261. The van der Waals surface area contributed by atoms with E-state index in [2.05, 4.69) is 0 Å². The first kappa shape index (κ1) is 18.5. The smallest absolute Gasteiger partial charge is 0.279 e. The summed E-state index contributed by atoms with van der Waals surface area (Å²) < 4.78 is 2.79. The van der Waals surface area contributed by atoms with E-state index in [-0.39, 0.29) is 17.8 Å². The number of nitrogens with zero attached hydrogens (tertiary/aromatic N) is 3. The summed E-state index contributed by atoms with van der Waals surface area (Å²) >= 11 is 1.49. The summed E-state index contributed by atoms with van der Waals surface area (Å²) in [4.78, 5) is 39.3. The van der Waals surface area contributed by atoms with Crippen LogP contribution in [0.3, 0.4) is 0 Å². The molecule has 0 aliphatic heterocycles. The van der Waals surface area contributed by atoms with Gasteiger partial charge in [-0.15, -0.1) is 11.3 Å². The van der Waals surface area contributed by atoms with Crippen molar-refractivity contribution in [1.29, 1.82) is 0 Å². The Kier molecular flexibility index (Phi) is 4.36. The highest BCUT2D eigenvalue weighted by Gasteiger charge is 2.25. The molecule has 0 saturated carbocycles. The molecule has 5 rings (SSSR count). The Balaban J connectivity index is 1.79. The lowest BCUT2D eigenvalue weighted by Gasteiger charge is -2.13. The highest BCUT2D eigenvalue weighted by Crippen LogP contribution is 2.35. The highest BCUT2D eigenvalue weighted by atomic mass is 32.1. The average molecular weight is 419 g/mol. The molecule has 150 valence electrons. The zero-order valence-corrected chi connectivity index (χ0v) is 16.7. The van der Waals surface area contributed by atoms with E-state index < -0.39 is 10.6 Å². The lowest BCUT2D eigenvalue weighted by Crippen LogP contribution is -2.39. The standard InChI is InChI=1S/C22H17N3O4S/c26-20-19-17-10-5-11-18(17)30-21(19)23(13-14-6-4-9-16(12-14)25(28)29)22(27)24(20)15-7-2-1-3-8-15/h1-4,6-9,12H,5,10-11,13H2. The first-order chi connectivity index (χ1) is 14.5. The van der Waals surface area contributed by atoms with Gasteiger partial charge in [0.2, 0.25) is 0 Å². The van der Waals surface area contributed by atoms with Gasteiger partial charge in [0.15, 0.2) is 0 Å². The van der Waals surface area contributed by atoms with Gasteiger partial charge in [0, 0.05) is 17.0 Å². The molecule has 0 spiro atoms.